The highest BCUT2D eigenvalue weighted by molar-refractivity contribution is 5.64. The van der Waals surface area contributed by atoms with E-state index < -0.39 is 6.09 Å². The first-order valence-corrected chi connectivity index (χ1v) is 5.22. The van der Waals surface area contributed by atoms with E-state index in [1.54, 1.807) is 0 Å². The molecule has 1 saturated carbocycles. The lowest BCUT2D eigenvalue weighted by Gasteiger charge is -2.35. The van der Waals surface area contributed by atoms with Gasteiger partial charge < -0.3 is 10.5 Å². The zero-order valence-electron chi connectivity index (χ0n) is 8.63. The Hall–Kier alpha value is -0.990. The summed E-state index contributed by atoms with van der Waals surface area (Å²) < 4.78 is 4.93. The van der Waals surface area contributed by atoms with Crippen LogP contribution < -0.4 is 5.73 Å². The van der Waals surface area contributed by atoms with Gasteiger partial charge in [0.25, 0.3) is 0 Å². The number of rotatable bonds is 4. The van der Waals surface area contributed by atoms with Gasteiger partial charge in [0.05, 0.1) is 6.61 Å². The molecule has 0 saturated heterocycles. The first kappa shape index (κ1) is 11.1. The van der Waals surface area contributed by atoms with Crippen LogP contribution in [0.4, 0.5) is 4.79 Å². The number of allylic oxidation sites excluding steroid dienone is 1. The zero-order chi connectivity index (χ0) is 10.4. The van der Waals surface area contributed by atoms with E-state index in [1.807, 2.05) is 6.08 Å². The lowest BCUT2D eigenvalue weighted by atomic mass is 9.72. The maximum Gasteiger partial charge on any atom is 0.404 e. The monoisotopic (exact) mass is 197 g/mol. The van der Waals surface area contributed by atoms with Crippen LogP contribution in [0.3, 0.4) is 0 Å². The second kappa shape index (κ2) is 5.03. The maximum absolute atomic E-state index is 10.6. The average Bonchev–Trinajstić information content (AvgIpc) is 2.17. The van der Waals surface area contributed by atoms with Crippen LogP contribution in [0.15, 0.2) is 12.7 Å². The van der Waals surface area contributed by atoms with E-state index in [2.05, 4.69) is 6.58 Å². The molecule has 0 radical (unpaired) electrons. The van der Waals surface area contributed by atoms with Gasteiger partial charge in [0.15, 0.2) is 0 Å². The Morgan fingerprint density at radius 3 is 2.57 bits per heavy atom. The third-order valence-corrected chi connectivity index (χ3v) is 3.01. The zero-order valence-corrected chi connectivity index (χ0v) is 8.63. The molecule has 80 valence electrons. The Kier molecular flexibility index (Phi) is 3.98. The molecule has 0 spiro atoms. The van der Waals surface area contributed by atoms with Crippen molar-refractivity contribution < 1.29 is 9.53 Å². The van der Waals surface area contributed by atoms with E-state index in [9.17, 15) is 4.79 Å². The van der Waals surface area contributed by atoms with Crippen LogP contribution in [-0.2, 0) is 4.74 Å². The Bertz CT molecular complexity index is 207. The van der Waals surface area contributed by atoms with E-state index in [0.29, 0.717) is 6.61 Å². The minimum Gasteiger partial charge on any atom is -0.449 e. The number of hydrogen-bond acceptors (Lipinski definition) is 2. The van der Waals surface area contributed by atoms with Crippen LogP contribution in [0, 0.1) is 5.41 Å². The van der Waals surface area contributed by atoms with Crippen molar-refractivity contribution in [3.63, 3.8) is 0 Å². The topological polar surface area (TPSA) is 52.3 Å². The fourth-order valence-electron chi connectivity index (χ4n) is 2.24. The summed E-state index contributed by atoms with van der Waals surface area (Å²) in [6.07, 6.45) is 8.12. The molecule has 0 atom stereocenters. The van der Waals surface area contributed by atoms with Crippen LogP contribution >= 0.6 is 0 Å². The molecule has 3 heteroatoms. The average molecular weight is 197 g/mol. The second-order valence-electron chi connectivity index (χ2n) is 4.16. The number of hydrogen-bond donors (Lipinski definition) is 1. The number of carbonyl (C=O) groups is 1. The largest absolute Gasteiger partial charge is 0.449 e. The summed E-state index contributed by atoms with van der Waals surface area (Å²) in [7, 11) is 0. The Balaban J connectivity index is 2.50. The predicted molar refractivity (Wildman–Crippen MR) is 55.9 cm³/mol. The van der Waals surface area contributed by atoms with Gasteiger partial charge in [-0.1, -0.05) is 25.3 Å². The van der Waals surface area contributed by atoms with E-state index in [0.717, 1.165) is 19.3 Å². The summed E-state index contributed by atoms with van der Waals surface area (Å²) >= 11 is 0. The molecule has 0 heterocycles. The minimum atomic E-state index is -0.668. The lowest BCUT2D eigenvalue weighted by Crippen LogP contribution is -2.31. The third-order valence-electron chi connectivity index (χ3n) is 3.01. The van der Waals surface area contributed by atoms with E-state index in [1.165, 1.54) is 19.3 Å². The van der Waals surface area contributed by atoms with Crippen molar-refractivity contribution in [2.45, 2.75) is 38.5 Å². The molecule has 0 aliphatic heterocycles. The molecular formula is C11H19NO2. The first-order valence-electron chi connectivity index (χ1n) is 5.22. The maximum atomic E-state index is 10.6. The molecule has 14 heavy (non-hydrogen) atoms. The van der Waals surface area contributed by atoms with Crippen molar-refractivity contribution in [1.82, 2.24) is 0 Å². The van der Waals surface area contributed by atoms with E-state index in [4.69, 9.17) is 10.5 Å². The predicted octanol–water partition coefficient (Wildman–Crippen LogP) is 2.61. The Morgan fingerprint density at radius 1 is 1.43 bits per heavy atom. The molecule has 1 fully saturated rings. The molecule has 0 aromatic heterocycles. The van der Waals surface area contributed by atoms with Crippen LogP contribution in [0.2, 0.25) is 0 Å². The van der Waals surface area contributed by atoms with Crippen molar-refractivity contribution in [2.75, 3.05) is 6.61 Å². The molecule has 1 rings (SSSR count). The summed E-state index contributed by atoms with van der Waals surface area (Å²) in [4.78, 5) is 10.6. The number of primary amides is 1. The summed E-state index contributed by atoms with van der Waals surface area (Å²) in [6.45, 7) is 4.21. The summed E-state index contributed by atoms with van der Waals surface area (Å²) in [5.74, 6) is 0. The number of amides is 1. The van der Waals surface area contributed by atoms with Crippen molar-refractivity contribution >= 4 is 6.09 Å². The fourth-order valence-corrected chi connectivity index (χ4v) is 2.24. The SMILES string of the molecule is C=CCC1(COC(N)=O)CCCCC1. The molecule has 3 nitrogen and oxygen atoms in total. The van der Waals surface area contributed by atoms with Crippen LogP contribution in [-0.4, -0.2) is 12.7 Å². The first-order chi connectivity index (χ1) is 6.68. The molecule has 1 aliphatic carbocycles. The van der Waals surface area contributed by atoms with Gasteiger partial charge >= 0.3 is 6.09 Å². The van der Waals surface area contributed by atoms with E-state index in [-0.39, 0.29) is 5.41 Å². The molecule has 0 aromatic carbocycles. The van der Waals surface area contributed by atoms with Crippen LogP contribution in [0.1, 0.15) is 38.5 Å². The summed E-state index contributed by atoms with van der Waals surface area (Å²) in [5.41, 5.74) is 5.10. The second-order valence-corrected chi connectivity index (χ2v) is 4.16. The molecule has 2 N–H and O–H groups in total. The van der Waals surface area contributed by atoms with Crippen molar-refractivity contribution in [3.05, 3.63) is 12.7 Å². The van der Waals surface area contributed by atoms with Crippen LogP contribution in [0.5, 0.6) is 0 Å². The summed E-state index contributed by atoms with van der Waals surface area (Å²) in [5, 5.41) is 0. The van der Waals surface area contributed by atoms with Crippen LogP contribution in [0.25, 0.3) is 0 Å². The van der Waals surface area contributed by atoms with E-state index >= 15 is 0 Å². The van der Waals surface area contributed by atoms with Gasteiger partial charge in [-0.05, 0) is 19.3 Å². The Labute approximate surface area is 85.3 Å². The van der Waals surface area contributed by atoms with Crippen molar-refractivity contribution in [1.29, 1.82) is 0 Å². The molecule has 1 amide bonds. The van der Waals surface area contributed by atoms with Crippen molar-refractivity contribution in [3.8, 4) is 0 Å². The van der Waals surface area contributed by atoms with Gasteiger partial charge in [0.2, 0.25) is 0 Å². The number of nitrogens with two attached hydrogens (primary N) is 1. The normalized spacial score (nSPS) is 20.0. The molecule has 0 bridgehead atoms. The molecular weight excluding hydrogens is 178 g/mol. The van der Waals surface area contributed by atoms with Gasteiger partial charge in [-0.2, -0.15) is 0 Å². The van der Waals surface area contributed by atoms with Gasteiger partial charge in [0.1, 0.15) is 0 Å². The summed E-state index contributed by atoms with van der Waals surface area (Å²) in [6, 6.07) is 0. The third kappa shape index (κ3) is 3.05. The quantitative estimate of drug-likeness (QED) is 0.704. The highest BCUT2D eigenvalue weighted by Gasteiger charge is 2.31. The molecule has 0 aromatic rings. The lowest BCUT2D eigenvalue weighted by molar-refractivity contribution is 0.0622. The minimum absolute atomic E-state index is 0.120. The van der Waals surface area contributed by atoms with Crippen molar-refractivity contribution in [2.24, 2.45) is 11.1 Å². The number of ether oxygens (including phenoxy) is 1. The van der Waals surface area contributed by atoms with Gasteiger partial charge in [-0.25, -0.2) is 4.79 Å². The fraction of sp³-hybridized carbons (Fsp3) is 0.727. The number of carbonyl (C=O) groups excluding carboxylic acids is 1. The highest BCUT2D eigenvalue weighted by atomic mass is 16.5. The smallest absolute Gasteiger partial charge is 0.404 e. The van der Waals surface area contributed by atoms with Gasteiger partial charge in [0, 0.05) is 5.41 Å². The highest BCUT2D eigenvalue weighted by Crippen LogP contribution is 2.39. The molecule has 0 unspecified atom stereocenters. The molecule has 1 aliphatic rings. The Morgan fingerprint density at radius 2 is 2.07 bits per heavy atom. The van der Waals surface area contributed by atoms with Gasteiger partial charge in [-0.3, -0.25) is 0 Å². The van der Waals surface area contributed by atoms with Gasteiger partial charge in [-0.15, -0.1) is 6.58 Å². The standard InChI is InChI=1S/C11H19NO2/c1-2-6-11(9-14-10(12)13)7-4-3-5-8-11/h2H,1,3-9H2,(H2,12,13).